The molecule has 3 heteroatoms. The van der Waals surface area contributed by atoms with Crippen molar-refractivity contribution in [2.75, 3.05) is 11.9 Å². The third kappa shape index (κ3) is 2.83. The van der Waals surface area contributed by atoms with Gasteiger partial charge in [0.25, 0.3) is 0 Å². The van der Waals surface area contributed by atoms with E-state index < -0.39 is 0 Å². The molecule has 0 saturated carbocycles. The smallest absolute Gasteiger partial charge is 0.106 e. The van der Waals surface area contributed by atoms with Gasteiger partial charge in [-0.2, -0.15) is 0 Å². The first-order valence-electron chi connectivity index (χ1n) is 6.61. The summed E-state index contributed by atoms with van der Waals surface area (Å²) in [5.41, 5.74) is 12.6. The molecule has 0 radical (unpaired) electrons. The van der Waals surface area contributed by atoms with E-state index in [0.29, 0.717) is 4.99 Å². The number of benzene rings is 2. The summed E-state index contributed by atoms with van der Waals surface area (Å²) in [7, 11) is 2.05. The lowest BCUT2D eigenvalue weighted by Crippen LogP contribution is -2.18. The number of nitrogens with two attached hydrogens (primary N) is 1. The molecule has 0 fully saturated rings. The third-order valence-electron chi connectivity index (χ3n) is 3.49. The van der Waals surface area contributed by atoms with Crippen molar-refractivity contribution < 1.29 is 0 Å². The Kier molecular flexibility index (Phi) is 4.09. The van der Waals surface area contributed by atoms with Crippen LogP contribution in [0.5, 0.6) is 0 Å². The Morgan fingerprint density at radius 1 is 0.950 bits per heavy atom. The van der Waals surface area contributed by atoms with Crippen molar-refractivity contribution in [3.8, 4) is 0 Å². The van der Waals surface area contributed by atoms with Gasteiger partial charge in [0.15, 0.2) is 0 Å². The maximum Gasteiger partial charge on any atom is 0.106 e. The number of thiocarbonyl (C=S) groups is 1. The highest BCUT2D eigenvalue weighted by atomic mass is 32.1. The van der Waals surface area contributed by atoms with Crippen molar-refractivity contribution in [2.45, 2.75) is 20.8 Å². The highest BCUT2D eigenvalue weighted by Gasteiger charge is 2.13. The molecule has 104 valence electrons. The molecule has 2 aromatic carbocycles. The van der Waals surface area contributed by atoms with Gasteiger partial charge in [-0.05, 0) is 44.5 Å². The second-order valence-corrected chi connectivity index (χ2v) is 5.67. The van der Waals surface area contributed by atoms with E-state index in [9.17, 15) is 0 Å². The number of anilines is 2. The molecule has 2 aromatic rings. The Morgan fingerprint density at radius 2 is 1.50 bits per heavy atom. The lowest BCUT2D eigenvalue weighted by atomic mass is 10.1. The molecule has 2 N–H and O–H groups in total. The van der Waals surface area contributed by atoms with Crippen LogP contribution in [-0.4, -0.2) is 12.0 Å². The number of rotatable bonds is 3. The minimum absolute atomic E-state index is 0.431. The van der Waals surface area contributed by atoms with E-state index in [0.717, 1.165) is 22.5 Å². The maximum absolute atomic E-state index is 5.87. The molecule has 0 atom stereocenters. The van der Waals surface area contributed by atoms with E-state index in [1.54, 1.807) is 0 Å². The molecule has 0 unspecified atom stereocenters. The minimum atomic E-state index is 0.431. The standard InChI is InChI=1S/C17H20N2S/c1-11-5-7-15(13(3)9-11)19(4)16-8-6-12(2)10-14(16)17(18)20/h5-10H,1-4H3,(H2,18,20). The van der Waals surface area contributed by atoms with Gasteiger partial charge in [0, 0.05) is 18.3 Å². The zero-order valence-electron chi connectivity index (χ0n) is 12.4. The average molecular weight is 284 g/mol. The van der Waals surface area contributed by atoms with Gasteiger partial charge in [-0.1, -0.05) is 41.5 Å². The molecule has 2 nitrogen and oxygen atoms in total. The van der Waals surface area contributed by atoms with E-state index in [2.05, 4.69) is 49.1 Å². The molecule has 20 heavy (non-hydrogen) atoms. The molecule has 0 heterocycles. The molecule has 0 bridgehead atoms. The van der Waals surface area contributed by atoms with Crippen molar-refractivity contribution in [3.63, 3.8) is 0 Å². The van der Waals surface area contributed by atoms with Gasteiger partial charge in [-0.15, -0.1) is 0 Å². The molecular weight excluding hydrogens is 264 g/mol. The van der Waals surface area contributed by atoms with Crippen LogP contribution in [-0.2, 0) is 0 Å². The van der Waals surface area contributed by atoms with Crippen LogP contribution in [0.4, 0.5) is 11.4 Å². The maximum atomic E-state index is 5.87. The Bertz CT molecular complexity index is 662. The Morgan fingerprint density at radius 3 is 2.05 bits per heavy atom. The number of aryl methyl sites for hydroxylation is 3. The van der Waals surface area contributed by atoms with Gasteiger partial charge >= 0.3 is 0 Å². The predicted octanol–water partition coefficient (Wildman–Crippen LogP) is 4.01. The van der Waals surface area contributed by atoms with Crippen molar-refractivity contribution in [2.24, 2.45) is 5.73 Å². The van der Waals surface area contributed by atoms with Crippen LogP contribution in [0.1, 0.15) is 22.3 Å². The van der Waals surface area contributed by atoms with Crippen LogP contribution in [0.25, 0.3) is 0 Å². The SMILES string of the molecule is Cc1ccc(N(C)c2ccc(C)cc2C(N)=S)c(C)c1. The molecule has 0 aliphatic rings. The van der Waals surface area contributed by atoms with Crippen molar-refractivity contribution in [1.82, 2.24) is 0 Å². The fourth-order valence-corrected chi connectivity index (χ4v) is 2.61. The molecule has 0 amide bonds. The van der Waals surface area contributed by atoms with Crippen LogP contribution in [0, 0.1) is 20.8 Å². The van der Waals surface area contributed by atoms with Crippen LogP contribution < -0.4 is 10.6 Å². The van der Waals surface area contributed by atoms with Crippen LogP contribution in [0.2, 0.25) is 0 Å². The van der Waals surface area contributed by atoms with E-state index in [-0.39, 0.29) is 0 Å². The van der Waals surface area contributed by atoms with Crippen molar-refractivity contribution in [3.05, 3.63) is 58.7 Å². The summed E-state index contributed by atoms with van der Waals surface area (Å²) in [5.74, 6) is 0. The van der Waals surface area contributed by atoms with Gasteiger partial charge in [0.1, 0.15) is 4.99 Å². The second-order valence-electron chi connectivity index (χ2n) is 5.23. The summed E-state index contributed by atoms with van der Waals surface area (Å²) in [5, 5.41) is 0. The summed E-state index contributed by atoms with van der Waals surface area (Å²) >= 11 is 5.18. The molecule has 0 spiro atoms. The molecule has 0 saturated heterocycles. The Balaban J connectivity index is 2.53. The number of nitrogens with zero attached hydrogens (tertiary/aromatic N) is 1. The van der Waals surface area contributed by atoms with Gasteiger partial charge in [-0.25, -0.2) is 0 Å². The zero-order valence-corrected chi connectivity index (χ0v) is 13.2. The Labute approximate surface area is 126 Å². The van der Waals surface area contributed by atoms with Gasteiger partial charge in [0.05, 0.1) is 5.69 Å². The summed E-state index contributed by atoms with van der Waals surface area (Å²) in [6.07, 6.45) is 0. The average Bonchev–Trinajstić information content (AvgIpc) is 2.37. The summed E-state index contributed by atoms with van der Waals surface area (Å²) in [6, 6.07) is 12.6. The predicted molar refractivity (Wildman–Crippen MR) is 91.0 cm³/mol. The normalized spacial score (nSPS) is 10.4. The zero-order chi connectivity index (χ0) is 14.9. The fraction of sp³-hybridized carbons (Fsp3) is 0.235. The van der Waals surface area contributed by atoms with Gasteiger partial charge in [0.2, 0.25) is 0 Å². The van der Waals surface area contributed by atoms with E-state index in [4.69, 9.17) is 18.0 Å². The highest BCUT2D eigenvalue weighted by molar-refractivity contribution is 7.80. The van der Waals surface area contributed by atoms with Gasteiger partial charge < -0.3 is 10.6 Å². The first-order valence-corrected chi connectivity index (χ1v) is 7.02. The first-order chi connectivity index (χ1) is 9.40. The summed E-state index contributed by atoms with van der Waals surface area (Å²) in [4.78, 5) is 2.57. The van der Waals surface area contributed by atoms with Gasteiger partial charge in [-0.3, -0.25) is 0 Å². The van der Waals surface area contributed by atoms with Crippen molar-refractivity contribution in [1.29, 1.82) is 0 Å². The van der Waals surface area contributed by atoms with Crippen LogP contribution in [0.15, 0.2) is 36.4 Å². The van der Waals surface area contributed by atoms with E-state index >= 15 is 0 Å². The monoisotopic (exact) mass is 284 g/mol. The molecular formula is C17H20N2S. The van der Waals surface area contributed by atoms with E-state index in [1.807, 2.05) is 20.0 Å². The topological polar surface area (TPSA) is 29.3 Å². The Hall–Kier alpha value is -1.87. The lowest BCUT2D eigenvalue weighted by molar-refractivity contribution is 1.17. The summed E-state index contributed by atoms with van der Waals surface area (Å²) in [6.45, 7) is 6.26. The molecule has 0 aliphatic heterocycles. The van der Waals surface area contributed by atoms with Crippen LogP contribution >= 0.6 is 12.2 Å². The fourth-order valence-electron chi connectivity index (χ4n) is 2.45. The van der Waals surface area contributed by atoms with E-state index in [1.165, 1.54) is 11.1 Å². The second kappa shape index (κ2) is 5.63. The first kappa shape index (κ1) is 14.5. The molecule has 0 aliphatic carbocycles. The number of hydrogen-bond acceptors (Lipinski definition) is 2. The highest BCUT2D eigenvalue weighted by Crippen LogP contribution is 2.30. The van der Waals surface area contributed by atoms with Crippen molar-refractivity contribution >= 4 is 28.6 Å². The molecule has 2 rings (SSSR count). The molecule has 0 aromatic heterocycles. The largest absolute Gasteiger partial charge is 0.389 e. The third-order valence-corrected chi connectivity index (χ3v) is 3.71. The quantitative estimate of drug-likeness (QED) is 0.863. The summed E-state index contributed by atoms with van der Waals surface area (Å²) < 4.78 is 0. The van der Waals surface area contributed by atoms with Crippen LogP contribution in [0.3, 0.4) is 0 Å². The minimum Gasteiger partial charge on any atom is -0.389 e. The lowest BCUT2D eigenvalue weighted by Gasteiger charge is -2.24. The number of hydrogen-bond donors (Lipinski definition) is 1.